The third-order valence-electron chi connectivity index (χ3n) is 4.61. The van der Waals surface area contributed by atoms with Crippen LogP contribution in [-0.4, -0.2) is 15.5 Å². The van der Waals surface area contributed by atoms with Crippen LogP contribution in [0.2, 0.25) is 0 Å². The van der Waals surface area contributed by atoms with Gasteiger partial charge in [-0.2, -0.15) is 0 Å². The first-order valence-corrected chi connectivity index (χ1v) is 8.86. The number of nitrogens with one attached hydrogen (secondary N) is 1. The van der Waals surface area contributed by atoms with E-state index in [4.69, 9.17) is 0 Å². The minimum absolute atomic E-state index is 0.0397. The van der Waals surface area contributed by atoms with E-state index in [2.05, 4.69) is 10.3 Å². The van der Waals surface area contributed by atoms with E-state index in [1.807, 2.05) is 50.2 Å². The van der Waals surface area contributed by atoms with Gasteiger partial charge >= 0.3 is 0 Å². The van der Waals surface area contributed by atoms with Crippen LogP contribution >= 0.6 is 0 Å². The molecule has 0 bridgehead atoms. The van der Waals surface area contributed by atoms with E-state index in [0.29, 0.717) is 13.0 Å². The van der Waals surface area contributed by atoms with Crippen LogP contribution in [0.15, 0.2) is 65.7 Å². The first kappa shape index (κ1) is 17.9. The molecule has 0 fully saturated rings. The number of amides is 1. The van der Waals surface area contributed by atoms with Gasteiger partial charge < -0.3 is 9.88 Å². The number of benzene rings is 1. The number of hydrogen-bond acceptors (Lipinski definition) is 3. The molecule has 134 valence electrons. The summed E-state index contributed by atoms with van der Waals surface area (Å²) in [5.41, 5.74) is 1.45. The van der Waals surface area contributed by atoms with Crippen molar-refractivity contribution in [3.8, 4) is 0 Å². The summed E-state index contributed by atoms with van der Waals surface area (Å²) in [5.74, 6) is -0.0689. The zero-order valence-electron chi connectivity index (χ0n) is 15.1. The van der Waals surface area contributed by atoms with E-state index < -0.39 is 0 Å². The number of carbonyl (C=O) groups is 1. The van der Waals surface area contributed by atoms with Crippen LogP contribution < -0.4 is 10.9 Å². The first-order valence-electron chi connectivity index (χ1n) is 8.86. The Hall–Kier alpha value is -2.95. The Morgan fingerprint density at radius 1 is 1.12 bits per heavy atom. The lowest BCUT2D eigenvalue weighted by Gasteiger charge is -2.21. The van der Waals surface area contributed by atoms with Crippen molar-refractivity contribution in [2.75, 3.05) is 5.32 Å². The first-order chi connectivity index (χ1) is 12.6. The highest BCUT2D eigenvalue weighted by Crippen LogP contribution is 2.24. The Bertz CT molecular complexity index is 957. The van der Waals surface area contributed by atoms with Crippen LogP contribution in [0.1, 0.15) is 20.3 Å². The predicted molar refractivity (Wildman–Crippen MR) is 104 cm³/mol. The summed E-state index contributed by atoms with van der Waals surface area (Å²) in [6, 6.07) is 14.7. The Labute approximate surface area is 152 Å². The molecule has 0 spiro atoms. The number of anilines is 1. The van der Waals surface area contributed by atoms with Crippen molar-refractivity contribution < 1.29 is 4.79 Å². The Morgan fingerprint density at radius 3 is 2.69 bits per heavy atom. The number of nitrogens with zero attached hydrogens (tertiary/aromatic N) is 2. The van der Waals surface area contributed by atoms with Crippen molar-refractivity contribution in [1.82, 2.24) is 9.55 Å². The minimum Gasteiger partial charge on any atom is -0.324 e. The quantitative estimate of drug-likeness (QED) is 0.738. The summed E-state index contributed by atoms with van der Waals surface area (Å²) in [7, 11) is 0. The molecule has 2 aromatic heterocycles. The Balaban J connectivity index is 1.76. The third-order valence-corrected chi connectivity index (χ3v) is 4.61. The van der Waals surface area contributed by atoms with Gasteiger partial charge in [-0.15, -0.1) is 0 Å². The molecule has 5 heteroatoms. The van der Waals surface area contributed by atoms with Crippen molar-refractivity contribution in [3.63, 3.8) is 0 Å². The summed E-state index contributed by atoms with van der Waals surface area (Å²) in [5, 5.41) is 4.02. The molecule has 0 aliphatic heterocycles. The predicted octanol–water partition coefficient (Wildman–Crippen LogP) is 3.70. The smallest absolute Gasteiger partial charge is 0.250 e. The van der Waals surface area contributed by atoms with E-state index in [-0.39, 0.29) is 23.3 Å². The molecule has 1 aromatic carbocycles. The molecule has 0 saturated carbocycles. The number of aryl methyl sites for hydroxylation is 1. The molecule has 0 saturated heterocycles. The van der Waals surface area contributed by atoms with E-state index in [1.54, 1.807) is 23.0 Å². The molecular formula is C21H23N3O2. The highest BCUT2D eigenvalue weighted by atomic mass is 16.2. The van der Waals surface area contributed by atoms with Gasteiger partial charge in [0, 0.05) is 36.3 Å². The molecular weight excluding hydrogens is 326 g/mol. The zero-order valence-corrected chi connectivity index (χ0v) is 15.1. The number of carbonyl (C=O) groups excluding carboxylic acids is 1. The van der Waals surface area contributed by atoms with Crippen molar-refractivity contribution in [1.29, 1.82) is 0 Å². The molecule has 2 heterocycles. The van der Waals surface area contributed by atoms with Crippen molar-refractivity contribution in [2.24, 2.45) is 11.8 Å². The van der Waals surface area contributed by atoms with Crippen LogP contribution in [0.5, 0.6) is 0 Å². The summed E-state index contributed by atoms with van der Waals surface area (Å²) in [6.07, 6.45) is 4.08. The van der Waals surface area contributed by atoms with Crippen LogP contribution in [0.4, 0.5) is 5.69 Å². The van der Waals surface area contributed by atoms with Crippen molar-refractivity contribution >= 4 is 22.5 Å². The highest BCUT2D eigenvalue weighted by molar-refractivity contribution is 6.01. The highest BCUT2D eigenvalue weighted by Gasteiger charge is 2.23. The van der Waals surface area contributed by atoms with Gasteiger partial charge in [0.15, 0.2) is 0 Å². The molecule has 1 N–H and O–H groups in total. The fourth-order valence-electron chi connectivity index (χ4n) is 3.12. The standard InChI is InChI=1S/C21H23N3O2/c1-15(2)17(11-14-24-13-4-3-10-19(24)25)21(26)23-18-9-5-7-16-8-6-12-22-20(16)18/h3-10,12-13,15,17H,11,14H2,1-2H3,(H,23,26). The second-order valence-corrected chi connectivity index (χ2v) is 6.74. The van der Waals surface area contributed by atoms with Crippen LogP contribution in [0, 0.1) is 11.8 Å². The average Bonchev–Trinajstić information content (AvgIpc) is 2.63. The third kappa shape index (κ3) is 3.99. The molecule has 3 rings (SSSR count). The second kappa shape index (κ2) is 7.95. The molecule has 0 aliphatic rings. The van der Waals surface area contributed by atoms with Crippen LogP contribution in [0.3, 0.4) is 0 Å². The van der Waals surface area contributed by atoms with Gasteiger partial charge in [0.1, 0.15) is 0 Å². The fraction of sp³-hybridized carbons (Fsp3) is 0.286. The van der Waals surface area contributed by atoms with Gasteiger partial charge in [0.2, 0.25) is 11.5 Å². The largest absolute Gasteiger partial charge is 0.324 e. The van der Waals surface area contributed by atoms with Crippen LogP contribution in [0.25, 0.3) is 10.9 Å². The maximum absolute atomic E-state index is 12.9. The monoisotopic (exact) mass is 349 g/mol. The fourth-order valence-corrected chi connectivity index (χ4v) is 3.12. The van der Waals surface area contributed by atoms with Crippen LogP contribution in [-0.2, 0) is 11.3 Å². The Kier molecular flexibility index (Phi) is 5.46. The molecule has 1 unspecified atom stereocenters. The molecule has 26 heavy (non-hydrogen) atoms. The van der Waals surface area contributed by atoms with Gasteiger partial charge in [0.05, 0.1) is 11.2 Å². The molecule has 5 nitrogen and oxygen atoms in total. The van der Waals surface area contributed by atoms with E-state index in [1.165, 1.54) is 6.07 Å². The lowest BCUT2D eigenvalue weighted by Crippen LogP contribution is -2.29. The molecule has 1 amide bonds. The second-order valence-electron chi connectivity index (χ2n) is 6.74. The normalized spacial score (nSPS) is 12.3. The number of fused-ring (bicyclic) bond motifs is 1. The van der Waals surface area contributed by atoms with Gasteiger partial charge in [-0.05, 0) is 30.5 Å². The molecule has 0 radical (unpaired) electrons. The number of aromatic nitrogens is 2. The maximum Gasteiger partial charge on any atom is 0.250 e. The number of rotatable bonds is 6. The van der Waals surface area contributed by atoms with Gasteiger partial charge in [-0.1, -0.05) is 38.1 Å². The van der Waals surface area contributed by atoms with E-state index in [9.17, 15) is 9.59 Å². The summed E-state index contributed by atoms with van der Waals surface area (Å²) < 4.78 is 1.64. The van der Waals surface area contributed by atoms with E-state index >= 15 is 0 Å². The number of para-hydroxylation sites is 1. The number of hydrogen-bond donors (Lipinski definition) is 1. The van der Waals surface area contributed by atoms with Gasteiger partial charge in [-0.25, -0.2) is 0 Å². The topological polar surface area (TPSA) is 64.0 Å². The maximum atomic E-state index is 12.9. The molecule has 1 atom stereocenters. The lowest BCUT2D eigenvalue weighted by atomic mass is 9.91. The van der Waals surface area contributed by atoms with Crippen molar-refractivity contribution in [3.05, 3.63) is 71.3 Å². The lowest BCUT2D eigenvalue weighted by molar-refractivity contribution is -0.121. The summed E-state index contributed by atoms with van der Waals surface area (Å²) in [4.78, 5) is 29.1. The zero-order chi connectivity index (χ0) is 18.5. The minimum atomic E-state index is -0.193. The Morgan fingerprint density at radius 2 is 1.92 bits per heavy atom. The average molecular weight is 349 g/mol. The SMILES string of the molecule is CC(C)C(CCn1ccccc1=O)C(=O)Nc1cccc2cccnc12. The number of pyridine rings is 2. The van der Waals surface area contributed by atoms with E-state index in [0.717, 1.165) is 16.6 Å². The molecule has 3 aromatic rings. The summed E-state index contributed by atoms with van der Waals surface area (Å²) in [6.45, 7) is 4.57. The van der Waals surface area contributed by atoms with Gasteiger partial charge in [0.25, 0.3) is 0 Å². The molecule has 0 aliphatic carbocycles. The summed E-state index contributed by atoms with van der Waals surface area (Å²) >= 11 is 0. The van der Waals surface area contributed by atoms with Crippen molar-refractivity contribution in [2.45, 2.75) is 26.8 Å². The van der Waals surface area contributed by atoms with Gasteiger partial charge in [-0.3, -0.25) is 14.6 Å².